The highest BCUT2D eigenvalue weighted by Gasteiger charge is 2.10. The quantitative estimate of drug-likeness (QED) is 0.820. The molecule has 0 fully saturated rings. The van der Waals surface area contributed by atoms with Crippen LogP contribution in [0.4, 0.5) is 15.8 Å². The van der Waals surface area contributed by atoms with Crippen LogP contribution in [0.1, 0.15) is 20.3 Å². The van der Waals surface area contributed by atoms with Gasteiger partial charge < -0.3 is 15.4 Å². The van der Waals surface area contributed by atoms with E-state index in [0.717, 1.165) is 6.42 Å². The SMILES string of the molecule is CCC(COC)Nc1cc(NC(C)=O)ccc1F. The second-order valence-corrected chi connectivity index (χ2v) is 4.08. The lowest BCUT2D eigenvalue weighted by Gasteiger charge is -2.18. The summed E-state index contributed by atoms with van der Waals surface area (Å²) >= 11 is 0. The van der Waals surface area contributed by atoms with Crippen molar-refractivity contribution in [1.82, 2.24) is 0 Å². The summed E-state index contributed by atoms with van der Waals surface area (Å²) in [4.78, 5) is 10.9. The fourth-order valence-corrected chi connectivity index (χ4v) is 1.60. The Kier molecular flexibility index (Phi) is 5.58. The van der Waals surface area contributed by atoms with Gasteiger partial charge in [-0.05, 0) is 24.6 Å². The predicted molar refractivity (Wildman–Crippen MR) is 70.3 cm³/mol. The van der Waals surface area contributed by atoms with Crippen LogP contribution in [-0.2, 0) is 9.53 Å². The minimum atomic E-state index is -0.348. The van der Waals surface area contributed by atoms with E-state index >= 15 is 0 Å². The fraction of sp³-hybridized carbons (Fsp3) is 0.462. The van der Waals surface area contributed by atoms with E-state index < -0.39 is 0 Å². The van der Waals surface area contributed by atoms with Crippen molar-refractivity contribution in [3.63, 3.8) is 0 Å². The lowest BCUT2D eigenvalue weighted by molar-refractivity contribution is -0.114. The third-order valence-corrected chi connectivity index (χ3v) is 2.51. The third kappa shape index (κ3) is 4.33. The maximum Gasteiger partial charge on any atom is 0.221 e. The van der Waals surface area contributed by atoms with Crippen molar-refractivity contribution in [2.24, 2.45) is 0 Å². The molecule has 0 heterocycles. The molecule has 0 spiro atoms. The predicted octanol–water partition coefficient (Wildman–Crippen LogP) is 2.62. The molecule has 100 valence electrons. The standard InChI is InChI=1S/C13H19FN2O2/c1-4-10(8-18-3)16-13-7-11(15-9(2)17)5-6-12(13)14/h5-7,10,16H,4,8H2,1-3H3,(H,15,17). The molecule has 1 aromatic carbocycles. The van der Waals surface area contributed by atoms with Crippen LogP contribution in [0.3, 0.4) is 0 Å². The van der Waals surface area contributed by atoms with E-state index in [1.807, 2.05) is 6.92 Å². The Morgan fingerprint density at radius 2 is 2.22 bits per heavy atom. The van der Waals surface area contributed by atoms with Gasteiger partial charge in [0.2, 0.25) is 5.91 Å². The van der Waals surface area contributed by atoms with Gasteiger partial charge in [0.05, 0.1) is 12.3 Å². The molecule has 1 aromatic rings. The number of halogens is 1. The number of benzene rings is 1. The van der Waals surface area contributed by atoms with Gasteiger partial charge in [-0.25, -0.2) is 4.39 Å². The van der Waals surface area contributed by atoms with E-state index in [1.54, 1.807) is 13.2 Å². The molecular weight excluding hydrogens is 235 g/mol. The first-order valence-electron chi connectivity index (χ1n) is 5.89. The van der Waals surface area contributed by atoms with E-state index in [0.29, 0.717) is 18.0 Å². The van der Waals surface area contributed by atoms with E-state index in [-0.39, 0.29) is 17.8 Å². The van der Waals surface area contributed by atoms with Crippen LogP contribution in [0, 0.1) is 5.82 Å². The number of anilines is 2. The first kappa shape index (κ1) is 14.4. The Morgan fingerprint density at radius 1 is 1.50 bits per heavy atom. The second-order valence-electron chi connectivity index (χ2n) is 4.08. The molecular formula is C13H19FN2O2. The molecule has 1 atom stereocenters. The van der Waals surface area contributed by atoms with Gasteiger partial charge in [0, 0.05) is 25.8 Å². The van der Waals surface area contributed by atoms with E-state index in [2.05, 4.69) is 10.6 Å². The molecule has 0 bridgehead atoms. The van der Waals surface area contributed by atoms with Gasteiger partial charge in [0.1, 0.15) is 5.82 Å². The first-order chi connectivity index (χ1) is 8.56. The number of ether oxygens (including phenoxy) is 1. The number of carbonyl (C=O) groups excluding carboxylic acids is 1. The smallest absolute Gasteiger partial charge is 0.221 e. The molecule has 0 aliphatic carbocycles. The summed E-state index contributed by atoms with van der Waals surface area (Å²) in [6.45, 7) is 3.91. The highest BCUT2D eigenvalue weighted by Crippen LogP contribution is 2.21. The van der Waals surface area contributed by atoms with Gasteiger partial charge in [-0.3, -0.25) is 4.79 Å². The van der Waals surface area contributed by atoms with Crippen LogP contribution in [-0.4, -0.2) is 25.7 Å². The number of amides is 1. The highest BCUT2D eigenvalue weighted by atomic mass is 19.1. The molecule has 1 unspecified atom stereocenters. The van der Waals surface area contributed by atoms with Crippen LogP contribution < -0.4 is 10.6 Å². The van der Waals surface area contributed by atoms with Gasteiger partial charge in [-0.1, -0.05) is 6.92 Å². The molecule has 5 heteroatoms. The second kappa shape index (κ2) is 6.96. The zero-order valence-corrected chi connectivity index (χ0v) is 10.9. The zero-order valence-electron chi connectivity index (χ0n) is 10.9. The largest absolute Gasteiger partial charge is 0.383 e. The van der Waals surface area contributed by atoms with E-state index in [9.17, 15) is 9.18 Å². The van der Waals surface area contributed by atoms with Crippen molar-refractivity contribution >= 4 is 17.3 Å². The number of rotatable bonds is 6. The number of hydrogen-bond donors (Lipinski definition) is 2. The van der Waals surface area contributed by atoms with Crippen molar-refractivity contribution in [2.75, 3.05) is 24.4 Å². The lowest BCUT2D eigenvalue weighted by Crippen LogP contribution is -2.24. The molecule has 0 saturated heterocycles. The van der Waals surface area contributed by atoms with Crippen molar-refractivity contribution in [1.29, 1.82) is 0 Å². The zero-order chi connectivity index (χ0) is 13.5. The van der Waals surface area contributed by atoms with Crippen LogP contribution in [0.15, 0.2) is 18.2 Å². The fourth-order valence-electron chi connectivity index (χ4n) is 1.60. The molecule has 0 radical (unpaired) electrons. The van der Waals surface area contributed by atoms with Gasteiger partial charge in [0.15, 0.2) is 0 Å². The molecule has 18 heavy (non-hydrogen) atoms. The summed E-state index contributed by atoms with van der Waals surface area (Å²) in [5.41, 5.74) is 0.934. The normalized spacial score (nSPS) is 12.0. The number of methoxy groups -OCH3 is 1. The van der Waals surface area contributed by atoms with Crippen molar-refractivity contribution < 1.29 is 13.9 Å². The lowest BCUT2D eigenvalue weighted by atomic mass is 10.2. The summed E-state index contributed by atoms with van der Waals surface area (Å²) < 4.78 is 18.7. The van der Waals surface area contributed by atoms with Gasteiger partial charge in [0.25, 0.3) is 0 Å². The average Bonchev–Trinajstić information content (AvgIpc) is 2.32. The summed E-state index contributed by atoms with van der Waals surface area (Å²) in [6, 6.07) is 4.47. The molecule has 0 saturated carbocycles. The average molecular weight is 254 g/mol. The van der Waals surface area contributed by atoms with Crippen molar-refractivity contribution in [3.05, 3.63) is 24.0 Å². The summed E-state index contributed by atoms with van der Waals surface area (Å²) in [7, 11) is 1.61. The molecule has 0 aromatic heterocycles. The maximum absolute atomic E-state index is 13.6. The van der Waals surface area contributed by atoms with E-state index in [1.165, 1.54) is 19.1 Å². The summed E-state index contributed by atoms with van der Waals surface area (Å²) in [5, 5.41) is 5.68. The first-order valence-corrected chi connectivity index (χ1v) is 5.89. The molecule has 2 N–H and O–H groups in total. The summed E-state index contributed by atoms with van der Waals surface area (Å²) in [5.74, 6) is -0.532. The number of carbonyl (C=O) groups is 1. The van der Waals surface area contributed by atoms with Gasteiger partial charge >= 0.3 is 0 Å². The topological polar surface area (TPSA) is 50.4 Å². The Bertz CT molecular complexity index is 410. The maximum atomic E-state index is 13.6. The van der Waals surface area contributed by atoms with Crippen LogP contribution >= 0.6 is 0 Å². The minimum Gasteiger partial charge on any atom is -0.383 e. The Morgan fingerprint density at radius 3 is 2.78 bits per heavy atom. The Hall–Kier alpha value is -1.62. The molecule has 1 rings (SSSR count). The van der Waals surface area contributed by atoms with Gasteiger partial charge in [-0.15, -0.1) is 0 Å². The minimum absolute atomic E-state index is 0.0390. The molecule has 4 nitrogen and oxygen atoms in total. The van der Waals surface area contributed by atoms with Crippen LogP contribution in [0.2, 0.25) is 0 Å². The molecule has 1 amide bonds. The van der Waals surface area contributed by atoms with Crippen LogP contribution in [0.5, 0.6) is 0 Å². The third-order valence-electron chi connectivity index (χ3n) is 2.51. The van der Waals surface area contributed by atoms with Crippen molar-refractivity contribution in [2.45, 2.75) is 26.3 Å². The Labute approximate surface area is 107 Å². The Balaban J connectivity index is 2.82. The monoisotopic (exact) mass is 254 g/mol. The molecule has 0 aliphatic heterocycles. The van der Waals surface area contributed by atoms with Crippen molar-refractivity contribution in [3.8, 4) is 0 Å². The van der Waals surface area contributed by atoms with Crippen LogP contribution in [0.25, 0.3) is 0 Å². The highest BCUT2D eigenvalue weighted by molar-refractivity contribution is 5.89. The number of nitrogens with one attached hydrogen (secondary N) is 2. The van der Waals surface area contributed by atoms with Gasteiger partial charge in [-0.2, -0.15) is 0 Å². The summed E-state index contributed by atoms with van der Waals surface area (Å²) in [6.07, 6.45) is 0.817. The number of hydrogen-bond acceptors (Lipinski definition) is 3. The van der Waals surface area contributed by atoms with E-state index in [4.69, 9.17) is 4.74 Å². The molecule has 0 aliphatic rings.